The van der Waals surface area contributed by atoms with E-state index in [4.69, 9.17) is 5.11 Å². The van der Waals surface area contributed by atoms with Crippen LogP contribution in [0.3, 0.4) is 0 Å². The molecule has 0 amide bonds. The molecule has 1 heterocycles. The minimum Gasteiger partial charge on any atom is -0.481 e. The second-order valence-corrected chi connectivity index (χ2v) is 7.63. The van der Waals surface area contributed by atoms with Crippen molar-refractivity contribution in [2.24, 2.45) is 0 Å². The smallest absolute Gasteiger partial charge is 0.304 e. The number of aliphatic carboxylic acids is 1. The van der Waals surface area contributed by atoms with E-state index in [0.29, 0.717) is 10.6 Å². The number of carbonyl (C=O) groups is 1. The van der Waals surface area contributed by atoms with Crippen molar-refractivity contribution in [2.75, 3.05) is 18.3 Å². The molecule has 1 aromatic heterocycles. The molecule has 0 aromatic carbocycles. The highest BCUT2D eigenvalue weighted by atomic mass is 32.2. The highest BCUT2D eigenvalue weighted by Crippen LogP contribution is 2.39. The van der Waals surface area contributed by atoms with E-state index in [1.54, 1.807) is 0 Å². The van der Waals surface area contributed by atoms with Crippen molar-refractivity contribution in [3.05, 3.63) is 16.0 Å². The molecule has 9 heteroatoms. The van der Waals surface area contributed by atoms with E-state index in [-0.39, 0.29) is 13.0 Å². The van der Waals surface area contributed by atoms with Gasteiger partial charge in [-0.25, -0.2) is 0 Å². The fraction of sp³-hybridized carbons (Fsp3) is 0.500. The Morgan fingerprint density at radius 1 is 1.52 bits per heavy atom. The molecule has 1 aromatic rings. The number of anilines is 1. The zero-order valence-electron chi connectivity index (χ0n) is 11.4. The van der Waals surface area contributed by atoms with E-state index in [0.717, 1.165) is 34.0 Å². The Balaban J connectivity index is 2.18. The summed E-state index contributed by atoms with van der Waals surface area (Å²) in [7, 11) is -2.55. The first-order valence-electron chi connectivity index (χ1n) is 6.35. The Labute approximate surface area is 127 Å². The van der Waals surface area contributed by atoms with E-state index >= 15 is 0 Å². The van der Waals surface area contributed by atoms with Crippen LogP contribution in [0.15, 0.2) is 0 Å². The molecule has 114 valence electrons. The molecule has 0 fully saturated rings. The van der Waals surface area contributed by atoms with Gasteiger partial charge in [-0.15, -0.1) is 11.3 Å². The van der Waals surface area contributed by atoms with Gasteiger partial charge in [-0.05, 0) is 24.8 Å². The predicted molar refractivity (Wildman–Crippen MR) is 78.5 cm³/mol. The van der Waals surface area contributed by atoms with E-state index in [2.05, 4.69) is 10.8 Å². The highest BCUT2D eigenvalue weighted by Gasteiger charge is 2.26. The fourth-order valence-corrected chi connectivity index (χ4v) is 4.56. The topological polar surface area (TPSA) is 110 Å². The SMILES string of the molecule is CN(CCC(=O)O)S(=O)(=O)Nc1sc2c(c1C#N)CCC2. The molecule has 0 atom stereocenters. The van der Waals surface area contributed by atoms with E-state index in [1.807, 2.05) is 0 Å². The molecular weight excluding hydrogens is 314 g/mol. The van der Waals surface area contributed by atoms with Crippen molar-refractivity contribution in [3.63, 3.8) is 0 Å². The van der Waals surface area contributed by atoms with E-state index < -0.39 is 16.2 Å². The standard InChI is InChI=1S/C12H15N3O4S2/c1-15(6-5-11(16)17)21(18,19)14-12-9(7-13)8-3-2-4-10(8)20-12/h14H,2-6H2,1H3,(H,16,17). The molecule has 1 aliphatic rings. The number of carboxylic acids is 1. The van der Waals surface area contributed by atoms with Crippen molar-refractivity contribution in [3.8, 4) is 6.07 Å². The average molecular weight is 329 g/mol. The molecule has 7 nitrogen and oxygen atoms in total. The van der Waals surface area contributed by atoms with Gasteiger partial charge in [-0.2, -0.15) is 18.0 Å². The molecule has 0 saturated carbocycles. The molecule has 2 rings (SSSR count). The third kappa shape index (κ3) is 3.34. The van der Waals surface area contributed by atoms with Gasteiger partial charge in [0.2, 0.25) is 0 Å². The molecule has 0 bridgehead atoms. The summed E-state index contributed by atoms with van der Waals surface area (Å²) in [6.45, 7) is -0.127. The third-order valence-corrected chi connectivity index (χ3v) is 6.11. The summed E-state index contributed by atoms with van der Waals surface area (Å²) in [5.74, 6) is -1.06. The van der Waals surface area contributed by atoms with Gasteiger partial charge in [0.05, 0.1) is 12.0 Å². The molecule has 0 radical (unpaired) electrons. The minimum absolute atomic E-state index is 0.127. The third-order valence-electron chi connectivity index (χ3n) is 3.31. The number of thiophene rings is 1. The number of nitriles is 1. The van der Waals surface area contributed by atoms with Gasteiger partial charge >= 0.3 is 16.2 Å². The summed E-state index contributed by atoms with van der Waals surface area (Å²) in [6, 6.07) is 2.06. The molecule has 0 unspecified atom stereocenters. The molecular formula is C12H15N3O4S2. The van der Waals surface area contributed by atoms with Gasteiger partial charge in [0, 0.05) is 18.5 Å². The van der Waals surface area contributed by atoms with Crippen molar-refractivity contribution in [1.82, 2.24) is 4.31 Å². The van der Waals surface area contributed by atoms with Crippen molar-refractivity contribution in [2.45, 2.75) is 25.7 Å². The maximum atomic E-state index is 12.1. The second-order valence-electron chi connectivity index (χ2n) is 4.75. The van der Waals surface area contributed by atoms with Gasteiger partial charge in [0.25, 0.3) is 0 Å². The first kappa shape index (κ1) is 15.8. The zero-order valence-corrected chi connectivity index (χ0v) is 13.1. The fourth-order valence-electron chi connectivity index (χ4n) is 2.16. The lowest BCUT2D eigenvalue weighted by molar-refractivity contribution is -0.137. The van der Waals surface area contributed by atoms with Crippen LogP contribution in [0.5, 0.6) is 0 Å². The average Bonchev–Trinajstić information content (AvgIpc) is 2.95. The lowest BCUT2D eigenvalue weighted by atomic mass is 10.1. The number of carboxylic acid groups (broad SMARTS) is 1. The van der Waals surface area contributed by atoms with Crippen molar-refractivity contribution < 1.29 is 18.3 Å². The number of hydrogen-bond donors (Lipinski definition) is 2. The van der Waals surface area contributed by atoms with Crippen LogP contribution in [0.4, 0.5) is 5.00 Å². The molecule has 0 spiro atoms. The second kappa shape index (κ2) is 6.01. The monoisotopic (exact) mass is 329 g/mol. The van der Waals surface area contributed by atoms with E-state index in [9.17, 15) is 18.5 Å². The Kier molecular flexibility index (Phi) is 4.51. The molecule has 2 N–H and O–H groups in total. The van der Waals surface area contributed by atoms with Gasteiger partial charge < -0.3 is 5.11 Å². The number of hydrogen-bond acceptors (Lipinski definition) is 5. The van der Waals surface area contributed by atoms with Crippen molar-refractivity contribution >= 4 is 32.5 Å². The van der Waals surface area contributed by atoms with Gasteiger partial charge in [0.1, 0.15) is 11.1 Å². The predicted octanol–water partition coefficient (Wildman–Crippen LogP) is 1.17. The molecule has 0 aliphatic heterocycles. The van der Waals surface area contributed by atoms with Crippen LogP contribution < -0.4 is 4.72 Å². The Hall–Kier alpha value is -1.63. The van der Waals surface area contributed by atoms with Gasteiger partial charge in [-0.3, -0.25) is 9.52 Å². The van der Waals surface area contributed by atoms with Crippen LogP contribution in [-0.2, 0) is 27.8 Å². The van der Waals surface area contributed by atoms with Gasteiger partial charge in [-0.1, -0.05) is 0 Å². The maximum Gasteiger partial charge on any atom is 0.304 e. The van der Waals surface area contributed by atoms with Crippen LogP contribution >= 0.6 is 11.3 Å². The Bertz CT molecular complexity index is 703. The largest absolute Gasteiger partial charge is 0.481 e. The number of nitrogens with zero attached hydrogens (tertiary/aromatic N) is 2. The summed E-state index contributed by atoms with van der Waals surface area (Å²) in [5, 5.41) is 18.1. The molecule has 0 saturated heterocycles. The van der Waals surface area contributed by atoms with Crippen LogP contribution in [0, 0.1) is 11.3 Å². The van der Waals surface area contributed by atoms with Crippen LogP contribution in [0.25, 0.3) is 0 Å². The number of aryl methyl sites for hydroxylation is 1. The normalized spacial score (nSPS) is 14.0. The first-order valence-corrected chi connectivity index (χ1v) is 8.61. The molecule has 1 aliphatic carbocycles. The number of fused-ring (bicyclic) bond motifs is 1. The van der Waals surface area contributed by atoms with Crippen LogP contribution in [0.1, 0.15) is 28.8 Å². The first-order chi connectivity index (χ1) is 9.85. The zero-order chi connectivity index (χ0) is 15.6. The summed E-state index contributed by atoms with van der Waals surface area (Å²) < 4.78 is 27.6. The van der Waals surface area contributed by atoms with Gasteiger partial charge in [0.15, 0.2) is 0 Å². The Morgan fingerprint density at radius 3 is 2.86 bits per heavy atom. The van der Waals surface area contributed by atoms with Crippen LogP contribution in [-0.4, -0.2) is 37.4 Å². The van der Waals surface area contributed by atoms with E-state index in [1.165, 1.54) is 18.4 Å². The highest BCUT2D eigenvalue weighted by molar-refractivity contribution is 7.90. The summed E-state index contributed by atoms with van der Waals surface area (Å²) in [4.78, 5) is 11.6. The quantitative estimate of drug-likeness (QED) is 0.814. The lowest BCUT2D eigenvalue weighted by Gasteiger charge is -2.16. The number of rotatable bonds is 6. The summed E-state index contributed by atoms with van der Waals surface area (Å²) >= 11 is 1.29. The lowest BCUT2D eigenvalue weighted by Crippen LogP contribution is -2.34. The summed E-state index contributed by atoms with van der Waals surface area (Å²) in [6.07, 6.45) is 2.38. The summed E-state index contributed by atoms with van der Waals surface area (Å²) in [5.41, 5.74) is 1.33. The Morgan fingerprint density at radius 2 is 2.24 bits per heavy atom. The number of nitrogens with one attached hydrogen (secondary N) is 1. The van der Waals surface area contributed by atoms with Crippen LogP contribution in [0.2, 0.25) is 0 Å². The maximum absolute atomic E-state index is 12.1. The minimum atomic E-state index is -3.85. The molecule has 21 heavy (non-hydrogen) atoms. The van der Waals surface area contributed by atoms with Crippen molar-refractivity contribution in [1.29, 1.82) is 5.26 Å².